The Bertz CT molecular complexity index is 334. The summed E-state index contributed by atoms with van der Waals surface area (Å²) in [6, 6.07) is 6.49. The molecule has 0 heterocycles. The third kappa shape index (κ3) is 3.34. The van der Waals surface area contributed by atoms with Gasteiger partial charge in [-0.25, -0.2) is 0 Å². The van der Waals surface area contributed by atoms with Crippen LogP contribution in [0.15, 0.2) is 18.2 Å². The summed E-state index contributed by atoms with van der Waals surface area (Å²) in [5.74, 6) is 0. The van der Waals surface area contributed by atoms with Crippen LogP contribution in [0.4, 0.5) is 0 Å². The fourth-order valence-electron chi connectivity index (χ4n) is 2.00. The van der Waals surface area contributed by atoms with E-state index in [2.05, 4.69) is 45.9 Å². The van der Waals surface area contributed by atoms with Gasteiger partial charge in [0.25, 0.3) is 0 Å². The molecule has 1 rings (SSSR count). The molecule has 0 amide bonds. The maximum Gasteiger partial charge on any atom is 0.0684 e. The third-order valence-corrected chi connectivity index (χ3v) is 2.97. The molecule has 0 fully saturated rings. The van der Waals surface area contributed by atoms with Gasteiger partial charge in [-0.15, -0.1) is 0 Å². The maximum atomic E-state index is 9.35. The van der Waals surface area contributed by atoms with Crippen LogP contribution < -0.4 is 0 Å². The van der Waals surface area contributed by atoms with E-state index in [4.69, 9.17) is 0 Å². The summed E-state index contributed by atoms with van der Waals surface area (Å²) in [6.45, 7) is 8.95. The van der Waals surface area contributed by atoms with Crippen molar-refractivity contribution in [2.75, 3.05) is 0 Å². The van der Waals surface area contributed by atoms with E-state index in [0.29, 0.717) is 0 Å². The zero-order valence-corrected chi connectivity index (χ0v) is 11.0. The number of unbranched alkanes of at least 4 members (excludes halogenated alkanes) is 1. The second-order valence-corrected chi connectivity index (χ2v) is 5.50. The van der Waals surface area contributed by atoms with Crippen LogP contribution in [0.25, 0.3) is 0 Å². The van der Waals surface area contributed by atoms with Crippen LogP contribution in [-0.2, 0) is 18.4 Å². The van der Waals surface area contributed by atoms with E-state index in [-0.39, 0.29) is 12.0 Å². The lowest BCUT2D eigenvalue weighted by Gasteiger charge is -2.23. The lowest BCUT2D eigenvalue weighted by atomic mass is 9.82. The summed E-state index contributed by atoms with van der Waals surface area (Å²) in [4.78, 5) is 0. The zero-order valence-electron chi connectivity index (χ0n) is 11.0. The second kappa shape index (κ2) is 5.49. The van der Waals surface area contributed by atoms with Crippen molar-refractivity contribution in [3.63, 3.8) is 0 Å². The molecule has 1 aromatic rings. The molecule has 1 nitrogen and oxygen atoms in total. The van der Waals surface area contributed by atoms with Gasteiger partial charge in [0.2, 0.25) is 0 Å². The number of aliphatic hydroxyl groups excluding tert-OH is 1. The van der Waals surface area contributed by atoms with E-state index in [1.165, 1.54) is 24.0 Å². The quantitative estimate of drug-likeness (QED) is 0.818. The third-order valence-electron chi connectivity index (χ3n) is 2.97. The molecule has 1 heteroatoms. The average Bonchev–Trinajstić information content (AvgIpc) is 2.24. The highest BCUT2D eigenvalue weighted by atomic mass is 16.3. The number of benzene rings is 1. The Kier molecular flexibility index (Phi) is 4.55. The predicted molar refractivity (Wildman–Crippen MR) is 69.7 cm³/mol. The summed E-state index contributed by atoms with van der Waals surface area (Å²) in [7, 11) is 0. The van der Waals surface area contributed by atoms with Crippen molar-refractivity contribution >= 4 is 0 Å². The Hall–Kier alpha value is -0.820. The van der Waals surface area contributed by atoms with Crippen molar-refractivity contribution in [2.45, 2.75) is 59.0 Å². The minimum absolute atomic E-state index is 0.111. The number of rotatable bonds is 4. The molecule has 0 radical (unpaired) electrons. The van der Waals surface area contributed by atoms with Gasteiger partial charge in [0.1, 0.15) is 0 Å². The Labute approximate surface area is 99.5 Å². The van der Waals surface area contributed by atoms with Crippen LogP contribution in [-0.4, -0.2) is 5.11 Å². The number of hydrogen-bond donors (Lipinski definition) is 1. The lowest BCUT2D eigenvalue weighted by molar-refractivity contribution is 0.278. The maximum absolute atomic E-state index is 9.35. The lowest BCUT2D eigenvalue weighted by Crippen LogP contribution is -2.14. The summed E-state index contributed by atoms with van der Waals surface area (Å²) < 4.78 is 0. The van der Waals surface area contributed by atoms with Gasteiger partial charge in [0.15, 0.2) is 0 Å². The van der Waals surface area contributed by atoms with E-state index in [0.717, 1.165) is 12.0 Å². The first-order chi connectivity index (χ1) is 7.49. The van der Waals surface area contributed by atoms with E-state index in [1.54, 1.807) is 0 Å². The van der Waals surface area contributed by atoms with Crippen LogP contribution in [0.5, 0.6) is 0 Å². The Morgan fingerprint density at radius 3 is 2.38 bits per heavy atom. The molecule has 0 saturated heterocycles. The number of hydrogen-bond acceptors (Lipinski definition) is 1. The summed E-state index contributed by atoms with van der Waals surface area (Å²) in [5, 5.41) is 9.35. The van der Waals surface area contributed by atoms with Gasteiger partial charge in [-0.05, 0) is 34.9 Å². The first-order valence-electron chi connectivity index (χ1n) is 6.22. The molecule has 0 aliphatic heterocycles. The van der Waals surface area contributed by atoms with Gasteiger partial charge in [0, 0.05) is 0 Å². The fraction of sp³-hybridized carbons (Fsp3) is 0.600. The molecule has 0 aliphatic carbocycles. The molecule has 90 valence electrons. The molecule has 1 N–H and O–H groups in total. The largest absolute Gasteiger partial charge is 0.392 e. The first kappa shape index (κ1) is 13.2. The van der Waals surface area contributed by atoms with Gasteiger partial charge in [-0.2, -0.15) is 0 Å². The molecule has 1 aromatic carbocycles. The first-order valence-corrected chi connectivity index (χ1v) is 6.22. The Morgan fingerprint density at radius 2 is 1.88 bits per heavy atom. The fourth-order valence-corrected chi connectivity index (χ4v) is 2.00. The normalized spacial score (nSPS) is 11.8. The molecule has 0 aromatic heterocycles. The minimum Gasteiger partial charge on any atom is -0.392 e. The van der Waals surface area contributed by atoms with Gasteiger partial charge < -0.3 is 5.11 Å². The molecule has 0 unspecified atom stereocenters. The molecule has 0 atom stereocenters. The van der Waals surface area contributed by atoms with Crippen molar-refractivity contribution in [3.8, 4) is 0 Å². The van der Waals surface area contributed by atoms with Crippen LogP contribution in [0, 0.1) is 0 Å². The molecular weight excluding hydrogens is 196 g/mol. The molecule has 16 heavy (non-hydrogen) atoms. The van der Waals surface area contributed by atoms with Crippen molar-refractivity contribution in [3.05, 3.63) is 34.9 Å². The van der Waals surface area contributed by atoms with Crippen LogP contribution in [0.1, 0.15) is 57.2 Å². The molecular formula is C15H24O. The van der Waals surface area contributed by atoms with E-state index in [1.807, 2.05) is 0 Å². The highest BCUT2D eigenvalue weighted by Crippen LogP contribution is 2.27. The Balaban J connectivity index is 3.02. The predicted octanol–water partition coefficient (Wildman–Crippen LogP) is 3.82. The standard InChI is InChI=1S/C15H24O/c1-5-6-7-12-8-9-13(11-16)14(10-12)15(2,3)4/h8-10,16H,5-7,11H2,1-4H3. The van der Waals surface area contributed by atoms with Gasteiger partial charge in [0.05, 0.1) is 6.61 Å². The summed E-state index contributed by atoms with van der Waals surface area (Å²) in [5.41, 5.74) is 3.85. The van der Waals surface area contributed by atoms with Gasteiger partial charge >= 0.3 is 0 Å². The smallest absolute Gasteiger partial charge is 0.0684 e. The van der Waals surface area contributed by atoms with Crippen molar-refractivity contribution in [2.24, 2.45) is 0 Å². The highest BCUT2D eigenvalue weighted by Gasteiger charge is 2.17. The van der Waals surface area contributed by atoms with Crippen molar-refractivity contribution < 1.29 is 5.11 Å². The van der Waals surface area contributed by atoms with E-state index >= 15 is 0 Å². The highest BCUT2D eigenvalue weighted by molar-refractivity contribution is 5.36. The second-order valence-electron chi connectivity index (χ2n) is 5.50. The topological polar surface area (TPSA) is 20.2 Å². The average molecular weight is 220 g/mol. The molecule has 0 saturated carbocycles. The van der Waals surface area contributed by atoms with Gasteiger partial charge in [-0.1, -0.05) is 52.3 Å². The summed E-state index contributed by atoms with van der Waals surface area (Å²) in [6.07, 6.45) is 3.61. The van der Waals surface area contributed by atoms with Crippen molar-refractivity contribution in [1.29, 1.82) is 0 Å². The molecule has 0 bridgehead atoms. The Morgan fingerprint density at radius 1 is 1.19 bits per heavy atom. The van der Waals surface area contributed by atoms with Crippen LogP contribution in [0.2, 0.25) is 0 Å². The van der Waals surface area contributed by atoms with Crippen molar-refractivity contribution in [1.82, 2.24) is 0 Å². The summed E-state index contributed by atoms with van der Waals surface area (Å²) >= 11 is 0. The zero-order chi connectivity index (χ0) is 12.2. The molecule has 0 aliphatic rings. The van der Waals surface area contributed by atoms with Gasteiger partial charge in [-0.3, -0.25) is 0 Å². The monoisotopic (exact) mass is 220 g/mol. The van der Waals surface area contributed by atoms with Crippen LogP contribution >= 0.6 is 0 Å². The molecule has 0 spiro atoms. The van der Waals surface area contributed by atoms with E-state index in [9.17, 15) is 5.11 Å². The van der Waals surface area contributed by atoms with Crippen LogP contribution in [0.3, 0.4) is 0 Å². The minimum atomic E-state index is 0.111. The van der Waals surface area contributed by atoms with E-state index < -0.39 is 0 Å². The number of aryl methyl sites for hydroxylation is 1. The number of aliphatic hydroxyl groups is 1. The SMILES string of the molecule is CCCCc1ccc(CO)c(C(C)(C)C)c1.